The van der Waals surface area contributed by atoms with E-state index in [1.807, 2.05) is 43.5 Å². The third-order valence-electron chi connectivity index (χ3n) is 2.61. The maximum absolute atomic E-state index is 6.00. The van der Waals surface area contributed by atoms with Crippen molar-refractivity contribution < 1.29 is 4.74 Å². The van der Waals surface area contributed by atoms with Gasteiger partial charge >= 0.3 is 0 Å². The predicted octanol–water partition coefficient (Wildman–Crippen LogP) is 3.61. The molecule has 1 aromatic carbocycles. The van der Waals surface area contributed by atoms with Crippen LogP contribution in [0.25, 0.3) is 0 Å². The molecule has 0 saturated carbocycles. The molecule has 0 fully saturated rings. The van der Waals surface area contributed by atoms with Crippen molar-refractivity contribution >= 4 is 22.9 Å². The number of nitrogens with zero attached hydrogens (tertiary/aromatic N) is 1. The number of benzene rings is 1. The van der Waals surface area contributed by atoms with E-state index >= 15 is 0 Å². The molecule has 102 valence electrons. The van der Waals surface area contributed by atoms with Crippen molar-refractivity contribution in [2.75, 3.05) is 6.61 Å². The highest BCUT2D eigenvalue weighted by Gasteiger charge is 2.17. The second-order valence-electron chi connectivity index (χ2n) is 4.90. The number of nitrogens with two attached hydrogens (primary N) is 1. The van der Waals surface area contributed by atoms with E-state index in [0.717, 1.165) is 22.9 Å². The third-order valence-corrected chi connectivity index (χ3v) is 3.77. The topological polar surface area (TPSA) is 48.1 Å². The van der Waals surface area contributed by atoms with Crippen LogP contribution < -0.4 is 10.5 Å². The van der Waals surface area contributed by atoms with Crippen molar-refractivity contribution in [3.8, 4) is 5.75 Å². The molecule has 0 aliphatic carbocycles. The lowest BCUT2D eigenvalue weighted by atomic mass is 10.0. The Bertz CT molecular complexity index is 531. The second kappa shape index (κ2) is 5.90. The highest BCUT2D eigenvalue weighted by molar-refractivity contribution is 7.09. The van der Waals surface area contributed by atoms with E-state index in [9.17, 15) is 0 Å². The van der Waals surface area contributed by atoms with Crippen molar-refractivity contribution in [2.45, 2.75) is 25.8 Å². The maximum atomic E-state index is 6.00. The predicted molar refractivity (Wildman–Crippen MR) is 80.0 cm³/mol. The monoisotopic (exact) mass is 296 g/mol. The summed E-state index contributed by atoms with van der Waals surface area (Å²) in [5.41, 5.74) is 6.55. The summed E-state index contributed by atoms with van der Waals surface area (Å²) >= 11 is 7.43. The number of hydrogen-bond donors (Lipinski definition) is 1. The molecule has 19 heavy (non-hydrogen) atoms. The van der Waals surface area contributed by atoms with Gasteiger partial charge in [0.05, 0.1) is 22.8 Å². The molecule has 0 radical (unpaired) electrons. The zero-order valence-corrected chi connectivity index (χ0v) is 12.6. The van der Waals surface area contributed by atoms with E-state index in [2.05, 4.69) is 4.98 Å². The van der Waals surface area contributed by atoms with Crippen molar-refractivity contribution in [3.05, 3.63) is 45.4 Å². The molecule has 3 nitrogen and oxygen atoms in total. The summed E-state index contributed by atoms with van der Waals surface area (Å²) in [5, 5.41) is 3.77. The smallest absolute Gasteiger partial charge is 0.119 e. The highest BCUT2D eigenvalue weighted by Crippen LogP contribution is 2.20. The molecular formula is C14H17ClN2OS. The van der Waals surface area contributed by atoms with Crippen LogP contribution in [-0.2, 0) is 12.0 Å². The van der Waals surface area contributed by atoms with E-state index in [4.69, 9.17) is 22.1 Å². The summed E-state index contributed by atoms with van der Waals surface area (Å²) < 4.78 is 5.64. The summed E-state index contributed by atoms with van der Waals surface area (Å²) in [6.07, 6.45) is 0.781. The molecule has 0 atom stereocenters. The average Bonchev–Trinajstić information content (AvgIpc) is 2.80. The van der Waals surface area contributed by atoms with Gasteiger partial charge < -0.3 is 10.5 Å². The fraction of sp³-hybridized carbons (Fsp3) is 0.357. The SMILES string of the molecule is CC(C)(N)c1csc(CCOc2ccc(Cl)cc2)n1. The summed E-state index contributed by atoms with van der Waals surface area (Å²) in [6, 6.07) is 7.35. The Balaban J connectivity index is 1.86. The minimum absolute atomic E-state index is 0.383. The number of hydrogen-bond acceptors (Lipinski definition) is 4. The Kier molecular flexibility index (Phi) is 4.45. The van der Waals surface area contributed by atoms with Gasteiger partial charge in [-0.25, -0.2) is 4.98 Å². The molecule has 0 aliphatic heterocycles. The van der Waals surface area contributed by atoms with Crippen LogP contribution in [0.15, 0.2) is 29.6 Å². The van der Waals surface area contributed by atoms with Crippen LogP contribution in [0.5, 0.6) is 5.75 Å². The van der Waals surface area contributed by atoms with Crippen LogP contribution in [-0.4, -0.2) is 11.6 Å². The number of rotatable bonds is 5. The Morgan fingerprint density at radius 3 is 2.58 bits per heavy atom. The van der Waals surface area contributed by atoms with E-state index in [1.165, 1.54) is 0 Å². The quantitative estimate of drug-likeness (QED) is 0.917. The summed E-state index contributed by atoms with van der Waals surface area (Å²) in [5.74, 6) is 0.820. The number of aromatic nitrogens is 1. The Morgan fingerprint density at radius 2 is 2.00 bits per heavy atom. The first kappa shape index (κ1) is 14.3. The number of halogens is 1. The van der Waals surface area contributed by atoms with Gasteiger partial charge in [-0.3, -0.25) is 0 Å². The summed E-state index contributed by atoms with van der Waals surface area (Å²) in [7, 11) is 0. The molecule has 1 aromatic heterocycles. The Morgan fingerprint density at radius 1 is 1.32 bits per heavy atom. The van der Waals surface area contributed by atoms with Crippen LogP contribution in [0.4, 0.5) is 0 Å². The maximum Gasteiger partial charge on any atom is 0.119 e. The van der Waals surface area contributed by atoms with Gasteiger partial charge in [0.15, 0.2) is 0 Å². The summed E-state index contributed by atoms with van der Waals surface area (Å²) in [6.45, 7) is 4.51. The van der Waals surface area contributed by atoms with Gasteiger partial charge in [-0.05, 0) is 38.1 Å². The van der Waals surface area contributed by atoms with Crippen LogP contribution in [0.1, 0.15) is 24.5 Å². The van der Waals surface area contributed by atoms with Crippen molar-refractivity contribution in [3.63, 3.8) is 0 Å². The third kappa shape index (κ3) is 4.20. The molecule has 0 aliphatic rings. The Labute approximate surface area is 122 Å². The lowest BCUT2D eigenvalue weighted by molar-refractivity contribution is 0.321. The summed E-state index contributed by atoms with van der Waals surface area (Å²) in [4.78, 5) is 4.52. The average molecular weight is 297 g/mol. The van der Waals surface area contributed by atoms with Crippen LogP contribution in [0.3, 0.4) is 0 Å². The van der Waals surface area contributed by atoms with Gasteiger partial charge in [-0.2, -0.15) is 0 Å². The van der Waals surface area contributed by atoms with E-state index in [0.29, 0.717) is 11.6 Å². The molecule has 2 rings (SSSR count). The van der Waals surface area contributed by atoms with Crippen LogP contribution in [0, 0.1) is 0 Å². The lowest BCUT2D eigenvalue weighted by Crippen LogP contribution is -2.29. The highest BCUT2D eigenvalue weighted by atomic mass is 35.5. The molecule has 2 N–H and O–H groups in total. The first-order chi connectivity index (χ1) is 8.95. The first-order valence-corrected chi connectivity index (χ1v) is 7.33. The molecule has 5 heteroatoms. The molecule has 0 saturated heterocycles. The van der Waals surface area contributed by atoms with E-state index in [1.54, 1.807) is 11.3 Å². The second-order valence-corrected chi connectivity index (χ2v) is 6.28. The van der Waals surface area contributed by atoms with E-state index < -0.39 is 0 Å². The minimum Gasteiger partial charge on any atom is -0.493 e. The normalized spacial score (nSPS) is 11.6. The molecular weight excluding hydrogens is 280 g/mol. The van der Waals surface area contributed by atoms with E-state index in [-0.39, 0.29) is 5.54 Å². The fourth-order valence-corrected chi connectivity index (χ4v) is 2.59. The van der Waals surface area contributed by atoms with Gasteiger partial charge in [-0.15, -0.1) is 11.3 Å². The molecule has 2 aromatic rings. The number of thiazole rings is 1. The fourth-order valence-electron chi connectivity index (χ4n) is 1.51. The molecule has 0 spiro atoms. The minimum atomic E-state index is -0.383. The number of ether oxygens (including phenoxy) is 1. The molecule has 0 unspecified atom stereocenters. The molecule has 1 heterocycles. The zero-order valence-electron chi connectivity index (χ0n) is 11.0. The largest absolute Gasteiger partial charge is 0.493 e. The standard InChI is InChI=1S/C14H17ClN2OS/c1-14(2,16)12-9-19-13(17-12)7-8-18-11-5-3-10(15)4-6-11/h3-6,9H,7-8,16H2,1-2H3. The van der Waals surface area contributed by atoms with Crippen molar-refractivity contribution in [2.24, 2.45) is 5.73 Å². The van der Waals surface area contributed by atoms with Gasteiger partial charge in [0.1, 0.15) is 5.75 Å². The molecule has 0 amide bonds. The van der Waals surface area contributed by atoms with Crippen molar-refractivity contribution in [1.82, 2.24) is 4.98 Å². The molecule has 0 bridgehead atoms. The van der Waals surface area contributed by atoms with Gasteiger partial charge in [0, 0.05) is 16.8 Å². The van der Waals surface area contributed by atoms with Crippen molar-refractivity contribution in [1.29, 1.82) is 0 Å². The first-order valence-electron chi connectivity index (χ1n) is 6.07. The van der Waals surface area contributed by atoms with Crippen LogP contribution in [0.2, 0.25) is 5.02 Å². The Hall–Kier alpha value is -1.10. The van der Waals surface area contributed by atoms with Gasteiger partial charge in [-0.1, -0.05) is 11.6 Å². The van der Waals surface area contributed by atoms with Gasteiger partial charge in [0.25, 0.3) is 0 Å². The lowest BCUT2D eigenvalue weighted by Gasteiger charge is -2.14. The van der Waals surface area contributed by atoms with Crippen LogP contribution >= 0.6 is 22.9 Å². The van der Waals surface area contributed by atoms with Gasteiger partial charge in [0.2, 0.25) is 0 Å². The zero-order chi connectivity index (χ0) is 13.9.